The summed E-state index contributed by atoms with van der Waals surface area (Å²) in [6, 6.07) is 16.8. The Bertz CT molecular complexity index is 920. The first-order valence-electron chi connectivity index (χ1n) is 9.82. The smallest absolute Gasteiger partial charge is 0.207 e. The second-order valence-corrected chi connectivity index (χ2v) is 9.71. The van der Waals surface area contributed by atoms with Crippen molar-refractivity contribution in [1.29, 1.82) is 0 Å². The predicted octanol–water partition coefficient (Wildman–Crippen LogP) is 5.10. The van der Waals surface area contributed by atoms with Crippen molar-refractivity contribution in [3.05, 3.63) is 77.4 Å². The molecular weight excluding hydrogens is 354 g/mol. The van der Waals surface area contributed by atoms with Crippen LogP contribution in [0.2, 0.25) is 0 Å². The first-order valence-corrected chi connectivity index (χ1v) is 11.3. The molecule has 3 nitrogen and oxygen atoms in total. The van der Waals surface area contributed by atoms with Gasteiger partial charge in [-0.1, -0.05) is 66.1 Å². The normalized spacial score (nSPS) is 22.6. The van der Waals surface area contributed by atoms with Gasteiger partial charge >= 0.3 is 0 Å². The molecule has 0 aromatic heterocycles. The van der Waals surface area contributed by atoms with Crippen LogP contribution in [0.3, 0.4) is 0 Å². The largest absolute Gasteiger partial charge is 0.243 e. The molecule has 2 aliphatic rings. The molecule has 0 bridgehead atoms. The zero-order valence-electron chi connectivity index (χ0n) is 16.0. The Morgan fingerprint density at radius 2 is 1.67 bits per heavy atom. The summed E-state index contributed by atoms with van der Waals surface area (Å²) >= 11 is 0. The summed E-state index contributed by atoms with van der Waals surface area (Å²) in [4.78, 5) is 0.366. The summed E-state index contributed by atoms with van der Waals surface area (Å²) in [5.74, 6) is 1.45. The zero-order chi connectivity index (χ0) is 19.0. The van der Waals surface area contributed by atoms with E-state index in [4.69, 9.17) is 0 Å². The molecule has 3 atom stereocenters. The van der Waals surface area contributed by atoms with Crippen molar-refractivity contribution >= 4 is 10.0 Å². The third-order valence-corrected chi connectivity index (χ3v) is 8.06. The first-order chi connectivity index (χ1) is 13.0. The topological polar surface area (TPSA) is 37.4 Å². The number of sulfonamides is 1. The summed E-state index contributed by atoms with van der Waals surface area (Å²) in [7, 11) is -3.57. The van der Waals surface area contributed by atoms with Crippen LogP contribution in [-0.2, 0) is 10.0 Å². The fraction of sp³-hybridized carbons (Fsp3) is 0.391. The lowest BCUT2D eigenvalue weighted by molar-refractivity contribution is 0.370. The molecule has 2 aliphatic carbocycles. The maximum atomic E-state index is 13.4. The second-order valence-electron chi connectivity index (χ2n) is 7.82. The Balaban J connectivity index is 1.65. The van der Waals surface area contributed by atoms with E-state index >= 15 is 0 Å². The number of hydrogen-bond donors (Lipinski definition) is 0. The minimum Gasteiger partial charge on any atom is -0.207 e. The lowest BCUT2D eigenvalue weighted by Crippen LogP contribution is -2.34. The standard InChI is InChI=1S/C23H27NO2S/c1-17-11-13-20(14-12-17)27(25,26)24(18(2)19-7-4-3-5-8-19)16-15-23-21-9-6-10-22(21)23/h3-5,7-8,11-15,18,21-22H,6,9-10,16H2,1-2H3/t18-,21?,22?/m1/s1. The fourth-order valence-electron chi connectivity index (χ4n) is 4.40. The second kappa shape index (κ2) is 7.25. The third kappa shape index (κ3) is 3.61. The summed E-state index contributed by atoms with van der Waals surface area (Å²) in [6.45, 7) is 4.39. The Labute approximate surface area is 162 Å². The number of aryl methyl sites for hydroxylation is 1. The van der Waals surface area contributed by atoms with Gasteiger partial charge in [0.2, 0.25) is 10.0 Å². The van der Waals surface area contributed by atoms with E-state index in [1.54, 1.807) is 16.4 Å². The van der Waals surface area contributed by atoms with E-state index in [0.717, 1.165) is 23.0 Å². The maximum absolute atomic E-state index is 13.4. The summed E-state index contributed by atoms with van der Waals surface area (Å²) in [6.07, 6.45) is 6.04. The van der Waals surface area contributed by atoms with Crippen molar-refractivity contribution in [3.63, 3.8) is 0 Å². The summed E-state index contributed by atoms with van der Waals surface area (Å²) in [5, 5.41) is 0. The molecule has 0 N–H and O–H groups in total. The van der Waals surface area contributed by atoms with E-state index < -0.39 is 10.0 Å². The van der Waals surface area contributed by atoms with Crippen molar-refractivity contribution in [1.82, 2.24) is 4.31 Å². The molecule has 27 heavy (non-hydrogen) atoms. The van der Waals surface area contributed by atoms with Gasteiger partial charge in [0.05, 0.1) is 4.90 Å². The SMILES string of the molecule is Cc1ccc(S(=O)(=O)N(CC=C2C3CCCC23)[C@H](C)c2ccccc2)cc1. The molecule has 0 amide bonds. The van der Waals surface area contributed by atoms with Gasteiger partial charge in [-0.25, -0.2) is 8.42 Å². The minimum absolute atomic E-state index is 0.215. The van der Waals surface area contributed by atoms with Gasteiger partial charge in [0.1, 0.15) is 0 Å². The Hall–Kier alpha value is -1.91. The fourth-order valence-corrected chi connectivity index (χ4v) is 5.96. The highest BCUT2D eigenvalue weighted by Gasteiger charge is 2.46. The number of nitrogens with zero attached hydrogens (tertiary/aromatic N) is 1. The highest BCUT2D eigenvalue weighted by Crippen LogP contribution is 2.57. The van der Waals surface area contributed by atoms with Crippen molar-refractivity contribution < 1.29 is 8.42 Å². The van der Waals surface area contributed by atoms with E-state index in [1.807, 2.05) is 56.3 Å². The van der Waals surface area contributed by atoms with Crippen molar-refractivity contribution in [2.45, 2.75) is 44.0 Å². The van der Waals surface area contributed by atoms with Gasteiger partial charge in [-0.05, 0) is 56.2 Å². The zero-order valence-corrected chi connectivity index (χ0v) is 16.8. The van der Waals surface area contributed by atoms with E-state index in [-0.39, 0.29) is 6.04 Å². The molecule has 2 fully saturated rings. The van der Waals surface area contributed by atoms with Gasteiger partial charge in [0.25, 0.3) is 0 Å². The summed E-state index contributed by atoms with van der Waals surface area (Å²) < 4.78 is 28.5. The Kier molecular flexibility index (Phi) is 4.95. The summed E-state index contributed by atoms with van der Waals surface area (Å²) in [5.41, 5.74) is 3.55. The van der Waals surface area contributed by atoms with Crippen molar-refractivity contribution in [2.24, 2.45) is 11.8 Å². The first kappa shape index (κ1) is 18.5. The number of hydrogen-bond acceptors (Lipinski definition) is 2. The van der Waals surface area contributed by atoms with Gasteiger partial charge in [-0.3, -0.25) is 0 Å². The van der Waals surface area contributed by atoms with Gasteiger partial charge in [-0.15, -0.1) is 0 Å². The predicted molar refractivity (Wildman–Crippen MR) is 109 cm³/mol. The van der Waals surface area contributed by atoms with E-state index in [1.165, 1.54) is 24.8 Å². The highest BCUT2D eigenvalue weighted by atomic mass is 32.2. The van der Waals surface area contributed by atoms with E-state index in [9.17, 15) is 8.42 Å². The maximum Gasteiger partial charge on any atom is 0.243 e. The molecule has 2 saturated carbocycles. The van der Waals surface area contributed by atoms with Crippen LogP contribution in [0.1, 0.15) is 43.4 Å². The van der Waals surface area contributed by atoms with Crippen LogP contribution in [0.5, 0.6) is 0 Å². The molecular formula is C23H27NO2S. The van der Waals surface area contributed by atoms with Gasteiger partial charge in [-0.2, -0.15) is 4.31 Å². The number of allylic oxidation sites excluding steroid dienone is 1. The quantitative estimate of drug-likeness (QED) is 0.653. The molecule has 2 aromatic carbocycles. The van der Waals surface area contributed by atoms with Crippen LogP contribution in [0.4, 0.5) is 0 Å². The average Bonchev–Trinajstić information content (AvgIpc) is 3.10. The van der Waals surface area contributed by atoms with Gasteiger partial charge in [0.15, 0.2) is 0 Å². The Morgan fingerprint density at radius 1 is 1.04 bits per heavy atom. The number of benzene rings is 2. The molecule has 4 heteroatoms. The van der Waals surface area contributed by atoms with Crippen LogP contribution in [-0.4, -0.2) is 19.3 Å². The molecule has 2 aromatic rings. The lowest BCUT2D eigenvalue weighted by Gasteiger charge is -2.28. The van der Waals surface area contributed by atoms with Crippen molar-refractivity contribution in [2.75, 3.05) is 6.54 Å². The lowest BCUT2D eigenvalue weighted by atomic mass is 10.1. The molecule has 0 aliphatic heterocycles. The number of rotatable bonds is 6. The average molecular weight is 382 g/mol. The van der Waals surface area contributed by atoms with Crippen molar-refractivity contribution in [3.8, 4) is 0 Å². The molecule has 4 rings (SSSR count). The monoisotopic (exact) mass is 381 g/mol. The van der Waals surface area contributed by atoms with Crippen LogP contribution >= 0.6 is 0 Å². The van der Waals surface area contributed by atoms with Crippen LogP contribution < -0.4 is 0 Å². The highest BCUT2D eigenvalue weighted by molar-refractivity contribution is 7.89. The molecule has 0 spiro atoms. The molecule has 2 unspecified atom stereocenters. The van der Waals surface area contributed by atoms with Gasteiger partial charge < -0.3 is 0 Å². The third-order valence-electron chi connectivity index (χ3n) is 6.11. The van der Waals surface area contributed by atoms with E-state index in [0.29, 0.717) is 11.4 Å². The minimum atomic E-state index is -3.57. The number of fused-ring (bicyclic) bond motifs is 1. The molecule has 0 radical (unpaired) electrons. The van der Waals surface area contributed by atoms with E-state index in [2.05, 4.69) is 6.08 Å². The van der Waals surface area contributed by atoms with Gasteiger partial charge in [0, 0.05) is 12.6 Å². The van der Waals surface area contributed by atoms with Crippen LogP contribution in [0, 0.1) is 18.8 Å². The van der Waals surface area contributed by atoms with Crippen LogP contribution in [0.15, 0.2) is 71.1 Å². The van der Waals surface area contributed by atoms with Crippen LogP contribution in [0.25, 0.3) is 0 Å². The Morgan fingerprint density at radius 3 is 2.30 bits per heavy atom. The molecule has 0 saturated heterocycles. The molecule has 0 heterocycles. The molecule has 142 valence electrons.